The van der Waals surface area contributed by atoms with E-state index >= 15 is 0 Å². The highest BCUT2D eigenvalue weighted by Crippen LogP contribution is 2.29. The third-order valence-electron chi connectivity index (χ3n) is 4.26. The highest BCUT2D eigenvalue weighted by Gasteiger charge is 2.33. The van der Waals surface area contributed by atoms with Crippen molar-refractivity contribution in [2.45, 2.75) is 25.4 Å². The van der Waals surface area contributed by atoms with Crippen LogP contribution in [0, 0.1) is 5.92 Å². The van der Waals surface area contributed by atoms with Gasteiger partial charge in [-0.3, -0.25) is 0 Å². The van der Waals surface area contributed by atoms with Gasteiger partial charge in [-0.25, -0.2) is 0 Å². The van der Waals surface area contributed by atoms with Crippen molar-refractivity contribution in [2.75, 3.05) is 19.6 Å². The van der Waals surface area contributed by atoms with Gasteiger partial charge in [-0.15, -0.1) is 0 Å². The molecular formula is C14H18Cl4N2-2. The lowest BCUT2D eigenvalue weighted by molar-refractivity contribution is -0.001000. The maximum absolute atomic E-state index is 6.19. The maximum atomic E-state index is 6.19. The molecule has 3 fully saturated rings. The molecule has 0 spiro atoms. The van der Waals surface area contributed by atoms with Gasteiger partial charge >= 0.3 is 0 Å². The Kier molecular flexibility index (Phi) is 7.40. The number of fused-ring (bicyclic) bond motifs is 3. The molecule has 0 saturated carbocycles. The molecule has 3 saturated heterocycles. The summed E-state index contributed by atoms with van der Waals surface area (Å²) in [6, 6.07) is 6.30. The van der Waals surface area contributed by atoms with Crippen molar-refractivity contribution in [3.05, 3.63) is 33.8 Å². The Morgan fingerprint density at radius 3 is 2.20 bits per heavy atom. The smallest absolute Gasteiger partial charge is 0.0465 e. The maximum Gasteiger partial charge on any atom is 0.0465 e. The number of rotatable bonds is 3. The summed E-state index contributed by atoms with van der Waals surface area (Å²) in [7, 11) is 0. The fraction of sp³-hybridized carbons (Fsp3) is 0.571. The highest BCUT2D eigenvalue weighted by atomic mass is 35.5. The molecule has 4 rings (SSSR count). The van der Waals surface area contributed by atoms with Crippen LogP contribution in [0.2, 0.25) is 10.0 Å². The molecule has 3 aliphatic rings. The summed E-state index contributed by atoms with van der Waals surface area (Å²) in [6.45, 7) is 4.49. The molecule has 0 aromatic heterocycles. The third-order valence-corrected chi connectivity index (χ3v) is 4.97. The lowest BCUT2D eigenvalue weighted by atomic mass is 9.84. The number of halogens is 4. The molecule has 2 nitrogen and oxygen atoms in total. The van der Waals surface area contributed by atoms with E-state index in [2.05, 4.69) is 10.2 Å². The van der Waals surface area contributed by atoms with Crippen LogP contribution < -0.4 is 30.1 Å². The molecule has 1 aromatic carbocycles. The van der Waals surface area contributed by atoms with Gasteiger partial charge in [0.05, 0.1) is 0 Å². The molecule has 6 heteroatoms. The van der Waals surface area contributed by atoms with E-state index in [0.717, 1.165) is 28.1 Å². The van der Waals surface area contributed by atoms with Crippen molar-refractivity contribution in [2.24, 2.45) is 5.92 Å². The second kappa shape index (κ2) is 8.07. The van der Waals surface area contributed by atoms with Gasteiger partial charge in [0, 0.05) is 34.7 Å². The number of piperidine rings is 3. The quantitative estimate of drug-likeness (QED) is 0.629. The molecule has 0 radical (unpaired) electrons. The summed E-state index contributed by atoms with van der Waals surface area (Å²) in [5, 5.41) is 5.16. The predicted molar refractivity (Wildman–Crippen MR) is 76.3 cm³/mol. The average Bonchev–Trinajstić information content (AvgIpc) is 2.39. The molecule has 3 heterocycles. The number of nitrogens with zero attached hydrogens (tertiary/aromatic N) is 1. The van der Waals surface area contributed by atoms with Crippen LogP contribution in [0.4, 0.5) is 0 Å². The van der Waals surface area contributed by atoms with Crippen molar-refractivity contribution in [1.82, 2.24) is 10.2 Å². The minimum Gasteiger partial charge on any atom is -1.00 e. The standard InChI is InChI=1S/C14H18Cl2N2.2ClH/c15-12-2-1-3-13(16)11(12)8-17-14-9-18-6-4-10(14)5-7-18;;/h1-3,10,14,17H,4-9H2;2*1H/p-2. The van der Waals surface area contributed by atoms with E-state index in [1.807, 2.05) is 18.2 Å². The number of hydrogen-bond donors (Lipinski definition) is 1. The first-order valence-electron chi connectivity index (χ1n) is 6.62. The van der Waals surface area contributed by atoms with E-state index in [9.17, 15) is 0 Å². The van der Waals surface area contributed by atoms with Crippen LogP contribution in [0.25, 0.3) is 0 Å². The number of nitrogens with one attached hydrogen (secondary N) is 1. The predicted octanol–water partition coefficient (Wildman–Crippen LogP) is -2.81. The first-order valence-corrected chi connectivity index (χ1v) is 7.38. The molecule has 1 unspecified atom stereocenters. The van der Waals surface area contributed by atoms with Gasteiger partial charge in [0.25, 0.3) is 0 Å². The van der Waals surface area contributed by atoms with Gasteiger partial charge in [-0.2, -0.15) is 0 Å². The fourth-order valence-corrected chi connectivity index (χ4v) is 3.66. The van der Waals surface area contributed by atoms with E-state index in [4.69, 9.17) is 23.2 Å². The monoisotopic (exact) mass is 354 g/mol. The van der Waals surface area contributed by atoms with Crippen LogP contribution >= 0.6 is 23.2 Å². The summed E-state index contributed by atoms with van der Waals surface area (Å²) in [4.78, 5) is 2.55. The molecule has 114 valence electrons. The van der Waals surface area contributed by atoms with E-state index in [-0.39, 0.29) is 24.8 Å². The molecule has 2 bridgehead atoms. The molecule has 3 aliphatic heterocycles. The zero-order valence-electron chi connectivity index (χ0n) is 11.1. The third kappa shape index (κ3) is 3.94. The molecule has 20 heavy (non-hydrogen) atoms. The number of benzene rings is 1. The van der Waals surface area contributed by atoms with Crippen molar-refractivity contribution in [1.29, 1.82) is 0 Å². The summed E-state index contributed by atoms with van der Waals surface area (Å²) < 4.78 is 0. The largest absolute Gasteiger partial charge is 1.00 e. The average molecular weight is 356 g/mol. The van der Waals surface area contributed by atoms with Crippen LogP contribution in [-0.4, -0.2) is 30.6 Å². The van der Waals surface area contributed by atoms with Gasteiger partial charge in [0.15, 0.2) is 0 Å². The summed E-state index contributed by atoms with van der Waals surface area (Å²) in [6.07, 6.45) is 2.65. The Morgan fingerprint density at radius 1 is 1.10 bits per heavy atom. The van der Waals surface area contributed by atoms with Gasteiger partial charge in [0.1, 0.15) is 0 Å². The molecule has 1 aromatic rings. The van der Waals surface area contributed by atoms with Crippen molar-refractivity contribution in [3.8, 4) is 0 Å². The topological polar surface area (TPSA) is 15.3 Å². The molecule has 1 N–H and O–H groups in total. The minimum atomic E-state index is 0. The zero-order valence-corrected chi connectivity index (χ0v) is 14.1. The van der Waals surface area contributed by atoms with Crippen LogP contribution in [0.5, 0.6) is 0 Å². The summed E-state index contributed by atoms with van der Waals surface area (Å²) in [5.74, 6) is 0.830. The van der Waals surface area contributed by atoms with E-state index in [1.54, 1.807) is 0 Å². The Balaban J connectivity index is 0.000001000. The normalized spacial score (nSPS) is 27.6. The Labute approximate surface area is 143 Å². The van der Waals surface area contributed by atoms with E-state index < -0.39 is 0 Å². The lowest BCUT2D eigenvalue weighted by Crippen LogP contribution is -3.00. The molecule has 0 amide bonds. The van der Waals surface area contributed by atoms with Crippen molar-refractivity contribution < 1.29 is 24.8 Å². The summed E-state index contributed by atoms with van der Waals surface area (Å²) in [5.41, 5.74) is 1.03. The minimum absolute atomic E-state index is 0. The van der Waals surface area contributed by atoms with Gasteiger partial charge in [-0.05, 0) is 44.0 Å². The first-order chi connectivity index (χ1) is 8.74. The van der Waals surface area contributed by atoms with Gasteiger partial charge in [-0.1, -0.05) is 29.3 Å². The lowest BCUT2D eigenvalue weighted by Gasteiger charge is -2.45. The second-order valence-corrected chi connectivity index (χ2v) is 6.14. The Morgan fingerprint density at radius 2 is 1.70 bits per heavy atom. The fourth-order valence-electron chi connectivity index (χ4n) is 3.13. The highest BCUT2D eigenvalue weighted by molar-refractivity contribution is 6.35. The first kappa shape index (κ1) is 18.3. The van der Waals surface area contributed by atoms with Crippen LogP contribution in [0.3, 0.4) is 0 Å². The zero-order chi connectivity index (χ0) is 12.5. The SMILES string of the molecule is Clc1cccc(Cl)c1CNC1CN2CCC1CC2.[Cl-].[Cl-]. The van der Waals surface area contributed by atoms with Crippen LogP contribution in [0.15, 0.2) is 18.2 Å². The Bertz CT molecular complexity index is 413. The van der Waals surface area contributed by atoms with Gasteiger partial charge in [0.2, 0.25) is 0 Å². The number of hydrogen-bond acceptors (Lipinski definition) is 2. The molecular weight excluding hydrogens is 338 g/mol. The van der Waals surface area contributed by atoms with Gasteiger partial charge < -0.3 is 35.0 Å². The molecule has 1 atom stereocenters. The van der Waals surface area contributed by atoms with Crippen LogP contribution in [0.1, 0.15) is 18.4 Å². The van der Waals surface area contributed by atoms with E-state index in [0.29, 0.717) is 6.04 Å². The van der Waals surface area contributed by atoms with Crippen molar-refractivity contribution >= 4 is 23.2 Å². The second-order valence-electron chi connectivity index (χ2n) is 5.33. The molecule has 0 aliphatic carbocycles. The Hall–Kier alpha value is 0.300. The van der Waals surface area contributed by atoms with Crippen molar-refractivity contribution in [3.63, 3.8) is 0 Å². The summed E-state index contributed by atoms with van der Waals surface area (Å²) >= 11 is 12.4. The van der Waals surface area contributed by atoms with Crippen LogP contribution in [-0.2, 0) is 6.54 Å². The van der Waals surface area contributed by atoms with E-state index in [1.165, 1.54) is 32.5 Å².